The third-order valence-corrected chi connectivity index (χ3v) is 3.55. The molecule has 0 saturated heterocycles. The van der Waals surface area contributed by atoms with Crippen LogP contribution in [0, 0.1) is 0 Å². The van der Waals surface area contributed by atoms with E-state index in [-0.39, 0.29) is 0 Å². The van der Waals surface area contributed by atoms with Gasteiger partial charge in [0, 0.05) is 4.90 Å². The minimum Gasteiger partial charge on any atom is -0.345 e. The number of nitrogens with zero attached hydrogens (tertiary/aromatic N) is 1. The van der Waals surface area contributed by atoms with Crippen molar-refractivity contribution in [2.45, 2.75) is 31.1 Å². The van der Waals surface area contributed by atoms with Gasteiger partial charge < -0.3 is 4.98 Å². The first-order valence-electron chi connectivity index (χ1n) is 5.46. The van der Waals surface area contributed by atoms with Crippen LogP contribution in [0.15, 0.2) is 29.4 Å². The molecule has 2 rings (SSSR count). The normalized spacial score (nSPS) is 11.0. The number of hydrogen-bond donors (Lipinski definition) is 1. The Morgan fingerprint density at radius 2 is 2.27 bits per heavy atom. The summed E-state index contributed by atoms with van der Waals surface area (Å²) in [5, 5.41) is 0. The molecule has 0 radical (unpaired) electrons. The van der Waals surface area contributed by atoms with Crippen LogP contribution in [0.2, 0.25) is 0 Å². The summed E-state index contributed by atoms with van der Waals surface area (Å²) in [6, 6.07) is 6.31. The highest BCUT2D eigenvalue weighted by atomic mass is 32.2. The second-order valence-corrected chi connectivity index (χ2v) is 4.75. The van der Waals surface area contributed by atoms with Crippen molar-refractivity contribution in [3.63, 3.8) is 0 Å². The molecule has 0 saturated carbocycles. The Kier molecular flexibility index (Phi) is 3.67. The molecule has 2 aromatic rings. The molecule has 0 unspecified atom stereocenters. The molecular formula is C12H16N2S. The second-order valence-electron chi connectivity index (χ2n) is 3.61. The maximum Gasteiger partial charge on any atom is 0.102 e. The number of aromatic nitrogens is 2. The highest BCUT2D eigenvalue weighted by molar-refractivity contribution is 7.99. The van der Waals surface area contributed by atoms with Gasteiger partial charge in [0.15, 0.2) is 0 Å². The van der Waals surface area contributed by atoms with Gasteiger partial charge in [0.05, 0.1) is 11.8 Å². The molecule has 1 N–H and O–H groups in total. The number of para-hydroxylation sites is 1. The van der Waals surface area contributed by atoms with E-state index in [0.29, 0.717) is 0 Å². The number of unbranched alkanes of at least 4 members (excludes halogenated alkanes) is 2. The predicted molar refractivity (Wildman–Crippen MR) is 66.3 cm³/mol. The van der Waals surface area contributed by atoms with Crippen LogP contribution in [-0.4, -0.2) is 15.7 Å². The zero-order valence-corrected chi connectivity index (χ0v) is 9.81. The van der Waals surface area contributed by atoms with Crippen molar-refractivity contribution in [3.05, 3.63) is 24.5 Å². The highest BCUT2D eigenvalue weighted by Crippen LogP contribution is 2.26. The van der Waals surface area contributed by atoms with Crippen LogP contribution < -0.4 is 0 Å². The van der Waals surface area contributed by atoms with Crippen molar-refractivity contribution in [1.29, 1.82) is 0 Å². The molecule has 0 amide bonds. The molecule has 0 atom stereocenters. The van der Waals surface area contributed by atoms with Gasteiger partial charge in [-0.1, -0.05) is 25.8 Å². The van der Waals surface area contributed by atoms with Gasteiger partial charge in [-0.3, -0.25) is 0 Å². The highest BCUT2D eigenvalue weighted by Gasteiger charge is 2.02. The number of hydrogen-bond acceptors (Lipinski definition) is 2. The Labute approximate surface area is 94.5 Å². The van der Waals surface area contributed by atoms with Gasteiger partial charge in [-0.05, 0) is 24.3 Å². The number of nitrogens with one attached hydrogen (secondary N) is 1. The van der Waals surface area contributed by atoms with Gasteiger partial charge in [-0.2, -0.15) is 0 Å². The minimum atomic E-state index is 1.11. The van der Waals surface area contributed by atoms with Crippen molar-refractivity contribution in [2.24, 2.45) is 0 Å². The number of benzene rings is 1. The Bertz CT molecular complexity index is 422. The van der Waals surface area contributed by atoms with Crippen molar-refractivity contribution in [2.75, 3.05) is 5.75 Å². The summed E-state index contributed by atoms with van der Waals surface area (Å²) in [5.74, 6) is 1.19. The van der Waals surface area contributed by atoms with E-state index in [1.54, 1.807) is 6.33 Å². The summed E-state index contributed by atoms with van der Waals surface area (Å²) in [5.41, 5.74) is 2.24. The lowest BCUT2D eigenvalue weighted by molar-refractivity contribution is 0.778. The van der Waals surface area contributed by atoms with Gasteiger partial charge in [0.1, 0.15) is 5.52 Å². The maximum absolute atomic E-state index is 4.34. The van der Waals surface area contributed by atoms with E-state index in [2.05, 4.69) is 35.1 Å². The van der Waals surface area contributed by atoms with E-state index in [4.69, 9.17) is 0 Å². The lowest BCUT2D eigenvalue weighted by Gasteiger charge is -2.01. The van der Waals surface area contributed by atoms with Gasteiger partial charge >= 0.3 is 0 Å². The Morgan fingerprint density at radius 1 is 1.33 bits per heavy atom. The SMILES string of the molecule is CCCCCSc1cccc2[nH]cnc12. The molecule has 1 heterocycles. The summed E-state index contributed by atoms with van der Waals surface area (Å²) >= 11 is 1.91. The van der Waals surface area contributed by atoms with E-state index in [0.717, 1.165) is 11.0 Å². The molecule has 0 bridgehead atoms. The van der Waals surface area contributed by atoms with Crippen LogP contribution in [0.1, 0.15) is 26.2 Å². The van der Waals surface area contributed by atoms with Crippen LogP contribution in [0.3, 0.4) is 0 Å². The number of rotatable bonds is 5. The monoisotopic (exact) mass is 220 g/mol. The fourth-order valence-electron chi connectivity index (χ4n) is 1.59. The average Bonchev–Trinajstić information content (AvgIpc) is 2.73. The standard InChI is InChI=1S/C12H16N2S/c1-2-3-4-8-15-11-7-5-6-10-12(11)14-9-13-10/h5-7,9H,2-4,8H2,1H3,(H,13,14). The van der Waals surface area contributed by atoms with E-state index in [1.807, 2.05) is 11.8 Å². The first kappa shape index (κ1) is 10.6. The zero-order valence-electron chi connectivity index (χ0n) is 8.99. The van der Waals surface area contributed by atoms with Crippen molar-refractivity contribution < 1.29 is 0 Å². The van der Waals surface area contributed by atoms with Crippen LogP contribution in [0.5, 0.6) is 0 Å². The summed E-state index contributed by atoms with van der Waals surface area (Å²) in [6.45, 7) is 2.24. The van der Waals surface area contributed by atoms with Gasteiger partial charge in [0.2, 0.25) is 0 Å². The Morgan fingerprint density at radius 3 is 3.13 bits per heavy atom. The maximum atomic E-state index is 4.34. The van der Waals surface area contributed by atoms with Crippen molar-refractivity contribution in [3.8, 4) is 0 Å². The Hall–Kier alpha value is -0.960. The molecule has 2 nitrogen and oxygen atoms in total. The predicted octanol–water partition coefficient (Wildman–Crippen LogP) is 3.85. The molecule has 0 aliphatic rings. The van der Waals surface area contributed by atoms with Crippen molar-refractivity contribution in [1.82, 2.24) is 9.97 Å². The van der Waals surface area contributed by atoms with Crippen LogP contribution in [0.4, 0.5) is 0 Å². The summed E-state index contributed by atoms with van der Waals surface area (Å²) < 4.78 is 0. The number of aromatic amines is 1. The number of H-pyrrole nitrogens is 1. The Balaban J connectivity index is 2.04. The molecular weight excluding hydrogens is 204 g/mol. The van der Waals surface area contributed by atoms with E-state index < -0.39 is 0 Å². The first-order valence-corrected chi connectivity index (χ1v) is 6.45. The van der Waals surface area contributed by atoms with Crippen molar-refractivity contribution >= 4 is 22.8 Å². The van der Waals surface area contributed by atoms with Gasteiger partial charge in [-0.15, -0.1) is 11.8 Å². The molecule has 0 aliphatic heterocycles. The summed E-state index contributed by atoms with van der Waals surface area (Å²) in [6.07, 6.45) is 5.67. The quantitative estimate of drug-likeness (QED) is 0.612. The number of fused-ring (bicyclic) bond motifs is 1. The second kappa shape index (κ2) is 5.21. The molecule has 1 aromatic carbocycles. The molecule has 0 aliphatic carbocycles. The van der Waals surface area contributed by atoms with E-state index in [9.17, 15) is 0 Å². The van der Waals surface area contributed by atoms with Crippen LogP contribution in [-0.2, 0) is 0 Å². The topological polar surface area (TPSA) is 28.7 Å². The molecule has 0 spiro atoms. The zero-order chi connectivity index (χ0) is 10.5. The fraction of sp³-hybridized carbons (Fsp3) is 0.417. The van der Waals surface area contributed by atoms with Crippen LogP contribution >= 0.6 is 11.8 Å². The van der Waals surface area contributed by atoms with Crippen LogP contribution in [0.25, 0.3) is 11.0 Å². The lowest BCUT2D eigenvalue weighted by Crippen LogP contribution is -1.81. The molecule has 0 fully saturated rings. The number of thioether (sulfide) groups is 1. The van der Waals surface area contributed by atoms with Gasteiger partial charge in [-0.25, -0.2) is 4.98 Å². The molecule has 15 heavy (non-hydrogen) atoms. The molecule has 80 valence electrons. The van der Waals surface area contributed by atoms with E-state index in [1.165, 1.54) is 29.9 Å². The summed E-state index contributed by atoms with van der Waals surface area (Å²) in [4.78, 5) is 8.77. The lowest BCUT2D eigenvalue weighted by atomic mass is 10.3. The van der Waals surface area contributed by atoms with E-state index >= 15 is 0 Å². The third kappa shape index (κ3) is 2.53. The fourth-order valence-corrected chi connectivity index (χ4v) is 2.63. The average molecular weight is 220 g/mol. The number of imidazole rings is 1. The molecule has 1 aromatic heterocycles. The summed E-state index contributed by atoms with van der Waals surface area (Å²) in [7, 11) is 0. The third-order valence-electron chi connectivity index (χ3n) is 2.42. The van der Waals surface area contributed by atoms with Gasteiger partial charge in [0.25, 0.3) is 0 Å². The molecule has 3 heteroatoms. The minimum absolute atomic E-state index is 1.11. The first-order chi connectivity index (χ1) is 7.42. The largest absolute Gasteiger partial charge is 0.345 e. The smallest absolute Gasteiger partial charge is 0.102 e.